The molecule has 0 bridgehead atoms. The van der Waals surface area contributed by atoms with E-state index in [0.717, 1.165) is 23.6 Å². The Kier molecular flexibility index (Phi) is 8.13. The second kappa shape index (κ2) is 10.6. The summed E-state index contributed by atoms with van der Waals surface area (Å²) in [6.45, 7) is 9.75. The first kappa shape index (κ1) is 20.8. The molecule has 0 aliphatic heterocycles. The molecular formula is C20H30N4O3. The van der Waals surface area contributed by atoms with Gasteiger partial charge >= 0.3 is 0 Å². The molecule has 0 aliphatic carbocycles. The molecule has 0 saturated heterocycles. The molecule has 1 atom stereocenters. The van der Waals surface area contributed by atoms with Crippen LogP contribution in [-0.2, 0) is 6.54 Å². The average molecular weight is 374 g/mol. The monoisotopic (exact) mass is 374 g/mol. The quantitative estimate of drug-likeness (QED) is 0.462. The highest BCUT2D eigenvalue weighted by molar-refractivity contribution is 5.79. The molecule has 0 spiro atoms. The maximum absolute atomic E-state index is 10.1. The van der Waals surface area contributed by atoms with Crippen LogP contribution in [0.5, 0.6) is 5.75 Å². The van der Waals surface area contributed by atoms with Crippen molar-refractivity contribution in [2.24, 2.45) is 4.99 Å². The number of hydrogen-bond acceptors (Lipinski definition) is 5. The van der Waals surface area contributed by atoms with Crippen molar-refractivity contribution in [3.05, 3.63) is 47.3 Å². The molecule has 7 heteroatoms. The molecule has 2 rings (SSSR count). The van der Waals surface area contributed by atoms with Crippen molar-refractivity contribution in [1.29, 1.82) is 0 Å². The molecular weight excluding hydrogens is 344 g/mol. The summed E-state index contributed by atoms with van der Waals surface area (Å²) in [6.07, 6.45) is -0.660. The zero-order chi connectivity index (χ0) is 19.6. The topological polar surface area (TPSA) is 91.9 Å². The summed E-state index contributed by atoms with van der Waals surface area (Å²) in [7, 11) is 0. The van der Waals surface area contributed by atoms with Gasteiger partial charge < -0.3 is 25.0 Å². The summed E-state index contributed by atoms with van der Waals surface area (Å²) < 4.78 is 10.9. The van der Waals surface area contributed by atoms with E-state index in [1.165, 1.54) is 0 Å². The largest absolute Gasteiger partial charge is 0.491 e. The van der Waals surface area contributed by atoms with Crippen LogP contribution in [0.3, 0.4) is 0 Å². The van der Waals surface area contributed by atoms with Gasteiger partial charge in [-0.2, -0.15) is 0 Å². The van der Waals surface area contributed by atoms with Gasteiger partial charge in [-0.25, -0.2) is 4.99 Å². The van der Waals surface area contributed by atoms with Crippen molar-refractivity contribution < 1.29 is 14.4 Å². The van der Waals surface area contributed by atoms with E-state index in [-0.39, 0.29) is 6.61 Å². The lowest BCUT2D eigenvalue weighted by atomic mass is 10.1. The number of aryl methyl sites for hydroxylation is 1. The van der Waals surface area contributed by atoms with Gasteiger partial charge in [0.2, 0.25) is 0 Å². The zero-order valence-corrected chi connectivity index (χ0v) is 16.5. The fraction of sp³-hybridized carbons (Fsp3) is 0.500. The summed E-state index contributed by atoms with van der Waals surface area (Å²) in [4.78, 5) is 4.47. The fourth-order valence-electron chi connectivity index (χ4n) is 2.35. The van der Waals surface area contributed by atoms with Gasteiger partial charge in [-0.1, -0.05) is 31.1 Å². The molecule has 1 aromatic carbocycles. The van der Waals surface area contributed by atoms with Gasteiger partial charge in [0.1, 0.15) is 25.0 Å². The van der Waals surface area contributed by atoms with Crippen LogP contribution in [-0.4, -0.2) is 42.0 Å². The van der Waals surface area contributed by atoms with E-state index in [2.05, 4.69) is 34.6 Å². The molecule has 1 heterocycles. The van der Waals surface area contributed by atoms with Gasteiger partial charge in [-0.3, -0.25) is 0 Å². The molecule has 0 saturated carbocycles. The number of hydrogen-bond donors (Lipinski definition) is 3. The average Bonchev–Trinajstić information content (AvgIpc) is 3.12. The summed E-state index contributed by atoms with van der Waals surface area (Å²) in [5, 5.41) is 20.4. The minimum Gasteiger partial charge on any atom is -0.491 e. The first-order valence-electron chi connectivity index (χ1n) is 9.33. The van der Waals surface area contributed by atoms with E-state index in [0.29, 0.717) is 30.7 Å². The number of guanidine groups is 1. The number of benzene rings is 1. The van der Waals surface area contributed by atoms with Gasteiger partial charge in [0.25, 0.3) is 0 Å². The van der Waals surface area contributed by atoms with E-state index in [9.17, 15) is 5.11 Å². The SMILES string of the molecule is CCNC(=NCc1cc(C(C)C)no1)NCC(O)COc1cccc(C)c1. The van der Waals surface area contributed by atoms with Gasteiger partial charge in [-0.05, 0) is 37.5 Å². The summed E-state index contributed by atoms with van der Waals surface area (Å²) in [5.41, 5.74) is 2.04. The predicted octanol–water partition coefficient (Wildman–Crippen LogP) is 2.60. The minimum absolute atomic E-state index is 0.204. The number of aromatic nitrogens is 1. The fourth-order valence-corrected chi connectivity index (χ4v) is 2.35. The molecule has 0 aliphatic rings. The molecule has 1 aromatic heterocycles. The smallest absolute Gasteiger partial charge is 0.191 e. The van der Waals surface area contributed by atoms with Crippen LogP contribution < -0.4 is 15.4 Å². The number of aliphatic hydroxyl groups is 1. The first-order valence-corrected chi connectivity index (χ1v) is 9.33. The summed E-state index contributed by atoms with van der Waals surface area (Å²) >= 11 is 0. The number of nitrogens with zero attached hydrogens (tertiary/aromatic N) is 2. The second-order valence-electron chi connectivity index (χ2n) is 6.73. The van der Waals surface area contributed by atoms with Crippen LogP contribution >= 0.6 is 0 Å². The van der Waals surface area contributed by atoms with Crippen molar-refractivity contribution >= 4 is 5.96 Å². The van der Waals surface area contributed by atoms with Crippen LogP contribution in [0.4, 0.5) is 0 Å². The zero-order valence-electron chi connectivity index (χ0n) is 16.5. The Balaban J connectivity index is 1.81. The lowest BCUT2D eigenvalue weighted by Crippen LogP contribution is -2.42. The van der Waals surface area contributed by atoms with Crippen LogP contribution in [0.15, 0.2) is 39.8 Å². The number of nitrogens with one attached hydrogen (secondary N) is 2. The van der Waals surface area contributed by atoms with Gasteiger partial charge in [0.15, 0.2) is 11.7 Å². The standard InChI is InChI=1S/C20H30N4O3/c1-5-21-20(23-12-18-10-19(14(2)3)24-27-18)22-11-16(25)13-26-17-8-6-7-15(4)9-17/h6-10,14,16,25H,5,11-13H2,1-4H3,(H2,21,22,23). The van der Waals surface area contributed by atoms with E-state index in [1.54, 1.807) is 0 Å². The third kappa shape index (κ3) is 7.30. The van der Waals surface area contributed by atoms with Crippen molar-refractivity contribution in [1.82, 2.24) is 15.8 Å². The van der Waals surface area contributed by atoms with E-state index in [4.69, 9.17) is 9.26 Å². The van der Waals surface area contributed by atoms with Crippen LogP contribution in [0.1, 0.15) is 43.7 Å². The van der Waals surface area contributed by atoms with Crippen molar-refractivity contribution in [3.63, 3.8) is 0 Å². The number of rotatable bonds is 9. The molecule has 0 amide bonds. The van der Waals surface area contributed by atoms with Crippen LogP contribution in [0.25, 0.3) is 0 Å². The Bertz CT molecular complexity index is 728. The second-order valence-corrected chi connectivity index (χ2v) is 6.73. The molecule has 3 N–H and O–H groups in total. The highest BCUT2D eigenvalue weighted by Gasteiger charge is 2.09. The molecule has 27 heavy (non-hydrogen) atoms. The molecule has 7 nitrogen and oxygen atoms in total. The van der Waals surface area contributed by atoms with Crippen LogP contribution in [0, 0.1) is 6.92 Å². The van der Waals surface area contributed by atoms with E-state index < -0.39 is 6.10 Å². The molecule has 148 valence electrons. The highest BCUT2D eigenvalue weighted by Crippen LogP contribution is 2.14. The molecule has 0 radical (unpaired) electrons. The van der Waals surface area contributed by atoms with Gasteiger partial charge in [-0.15, -0.1) is 0 Å². The first-order chi connectivity index (χ1) is 13.0. The van der Waals surface area contributed by atoms with Gasteiger partial charge in [0, 0.05) is 19.2 Å². The van der Waals surface area contributed by atoms with Crippen LogP contribution in [0.2, 0.25) is 0 Å². The normalized spacial score (nSPS) is 12.9. The molecule has 1 unspecified atom stereocenters. The highest BCUT2D eigenvalue weighted by atomic mass is 16.5. The number of aliphatic hydroxyl groups excluding tert-OH is 1. The lowest BCUT2D eigenvalue weighted by molar-refractivity contribution is 0.110. The Hall–Kier alpha value is -2.54. The Morgan fingerprint density at radius 2 is 2.11 bits per heavy atom. The predicted molar refractivity (Wildman–Crippen MR) is 106 cm³/mol. The van der Waals surface area contributed by atoms with Gasteiger partial charge in [0.05, 0.1) is 5.69 Å². The Morgan fingerprint density at radius 1 is 1.30 bits per heavy atom. The number of ether oxygens (including phenoxy) is 1. The molecule has 2 aromatic rings. The third-order valence-corrected chi connectivity index (χ3v) is 3.84. The Labute approximate surface area is 160 Å². The summed E-state index contributed by atoms with van der Waals surface area (Å²) in [6, 6.07) is 9.67. The number of aliphatic imine (C=N–C) groups is 1. The lowest BCUT2D eigenvalue weighted by Gasteiger charge is -2.16. The van der Waals surface area contributed by atoms with E-state index >= 15 is 0 Å². The third-order valence-electron chi connectivity index (χ3n) is 3.84. The van der Waals surface area contributed by atoms with E-state index in [1.807, 2.05) is 44.2 Å². The maximum atomic E-state index is 10.1. The molecule has 0 fully saturated rings. The van der Waals surface area contributed by atoms with Crippen molar-refractivity contribution in [3.8, 4) is 5.75 Å². The van der Waals surface area contributed by atoms with Crippen molar-refractivity contribution in [2.75, 3.05) is 19.7 Å². The minimum atomic E-state index is -0.660. The Morgan fingerprint density at radius 3 is 2.78 bits per heavy atom. The summed E-state index contributed by atoms with van der Waals surface area (Å²) in [5.74, 6) is 2.39. The maximum Gasteiger partial charge on any atom is 0.191 e. The van der Waals surface area contributed by atoms with Crippen molar-refractivity contribution in [2.45, 2.75) is 46.3 Å².